The average Bonchev–Trinajstić information content (AvgIpc) is 3.89. The Kier molecular flexibility index (Phi) is 16.8. The highest BCUT2D eigenvalue weighted by molar-refractivity contribution is 6.99. The molecule has 0 aromatic heterocycles. The van der Waals surface area contributed by atoms with E-state index in [2.05, 4.69) is 62.2 Å². The van der Waals surface area contributed by atoms with Crippen LogP contribution < -0.4 is 21.0 Å². The summed E-state index contributed by atoms with van der Waals surface area (Å²) in [6, 6.07) is 44.5. The van der Waals surface area contributed by atoms with Gasteiger partial charge < -0.3 is 53.3 Å². The smallest absolute Gasteiger partial charge is 0.407 e. The molecule has 0 radical (unpaired) electrons. The van der Waals surface area contributed by atoms with Crippen molar-refractivity contribution in [2.45, 2.75) is 114 Å². The second kappa shape index (κ2) is 23.1. The summed E-state index contributed by atoms with van der Waals surface area (Å²) in [6.45, 7) is 13.6. The highest BCUT2D eigenvalue weighted by Crippen LogP contribution is 2.45. The number of benzene rings is 5. The zero-order valence-corrected chi connectivity index (χ0v) is 42.6. The summed E-state index contributed by atoms with van der Waals surface area (Å²) in [5.74, 6) is -2.02. The molecule has 0 spiro atoms. The van der Waals surface area contributed by atoms with Crippen molar-refractivity contribution in [2.75, 3.05) is 26.4 Å². The number of hydrogen-bond acceptors (Lipinski definition) is 12. The van der Waals surface area contributed by atoms with Gasteiger partial charge >= 0.3 is 18.2 Å². The molecule has 0 unspecified atom stereocenters. The van der Waals surface area contributed by atoms with Gasteiger partial charge in [0, 0.05) is 12.5 Å². The van der Waals surface area contributed by atoms with Gasteiger partial charge in [0.2, 0.25) is 0 Å². The van der Waals surface area contributed by atoms with Gasteiger partial charge in [0.1, 0.15) is 50.3 Å². The predicted molar refractivity (Wildman–Crippen MR) is 274 cm³/mol. The molecule has 2 saturated heterocycles. The van der Waals surface area contributed by atoms with Crippen molar-refractivity contribution in [1.29, 1.82) is 0 Å². The van der Waals surface area contributed by atoms with E-state index in [0.29, 0.717) is 0 Å². The van der Waals surface area contributed by atoms with Crippen molar-refractivity contribution in [1.82, 2.24) is 10.6 Å². The van der Waals surface area contributed by atoms with E-state index in [1.54, 1.807) is 13.8 Å². The Bertz CT molecular complexity index is 2530. The van der Waals surface area contributed by atoms with Crippen LogP contribution >= 0.6 is 0 Å². The van der Waals surface area contributed by atoms with Gasteiger partial charge in [-0.3, -0.25) is 0 Å². The fraction of sp³-hybridized carbons (Fsp3) is 0.386. The summed E-state index contributed by atoms with van der Waals surface area (Å²) in [5, 5.41) is 19.3. The van der Waals surface area contributed by atoms with E-state index in [0.717, 1.165) is 38.2 Å². The zero-order chi connectivity index (χ0) is 50.9. The van der Waals surface area contributed by atoms with Gasteiger partial charge in [-0.2, -0.15) is 0 Å². The minimum Gasteiger partial charge on any atom is -0.460 e. The van der Waals surface area contributed by atoms with E-state index in [4.69, 9.17) is 37.6 Å². The lowest BCUT2D eigenvalue weighted by Crippen LogP contribution is -2.68. The SMILES string of the molecule is C=CCOC(=O)[C@H](CC[C@H](CNC(=O)OCc1ccccc1)O[C@@H]1O[C@H](CO[Si](c2ccccc2)(c2ccccc2)C(C)(C)C)[C@@H]2OC(C)(C)O[C@@H]2[C@H]1O)NC(=O)OCC1c2ccccc2-c2ccccc21. The molecule has 2 aliphatic heterocycles. The van der Waals surface area contributed by atoms with E-state index < -0.39 is 75.1 Å². The number of aliphatic hydroxyl groups excluding tert-OH is 1. The Morgan fingerprint density at radius 1 is 0.736 bits per heavy atom. The van der Waals surface area contributed by atoms with Crippen molar-refractivity contribution in [2.24, 2.45) is 0 Å². The monoisotopic (exact) mass is 998 g/mol. The Morgan fingerprint density at radius 3 is 1.90 bits per heavy atom. The third kappa shape index (κ3) is 12.0. The molecule has 0 bridgehead atoms. The van der Waals surface area contributed by atoms with E-state index in [1.165, 1.54) is 6.08 Å². The van der Waals surface area contributed by atoms with Crippen LogP contribution in [-0.4, -0.2) is 107 Å². The summed E-state index contributed by atoms with van der Waals surface area (Å²) >= 11 is 0. The molecular formula is C57H66N2O12Si. The first-order valence-corrected chi connectivity index (χ1v) is 26.5. The Balaban J connectivity index is 1.02. The van der Waals surface area contributed by atoms with Crippen molar-refractivity contribution in [3.8, 4) is 11.1 Å². The topological polar surface area (TPSA) is 169 Å². The van der Waals surface area contributed by atoms with Crippen LogP contribution in [0.5, 0.6) is 0 Å². The van der Waals surface area contributed by atoms with Crippen LogP contribution in [0.3, 0.4) is 0 Å². The lowest BCUT2D eigenvalue weighted by molar-refractivity contribution is -0.293. The van der Waals surface area contributed by atoms with Gasteiger partial charge in [-0.25, -0.2) is 14.4 Å². The van der Waals surface area contributed by atoms with Crippen molar-refractivity contribution in [3.05, 3.63) is 169 Å². The molecule has 8 rings (SSSR count). The van der Waals surface area contributed by atoms with Crippen LogP contribution in [0.4, 0.5) is 9.59 Å². The minimum absolute atomic E-state index is 0.0210. The fourth-order valence-corrected chi connectivity index (χ4v) is 14.6. The van der Waals surface area contributed by atoms with Gasteiger partial charge in [-0.05, 0) is 69.9 Å². The lowest BCUT2D eigenvalue weighted by Gasteiger charge is -2.46. The number of aliphatic hydroxyl groups is 1. The van der Waals surface area contributed by atoms with E-state index >= 15 is 0 Å². The van der Waals surface area contributed by atoms with Crippen LogP contribution in [0, 0.1) is 0 Å². The molecule has 7 atom stereocenters. The summed E-state index contributed by atoms with van der Waals surface area (Å²) in [6.07, 6.45) is -6.16. The van der Waals surface area contributed by atoms with Crippen LogP contribution in [0.2, 0.25) is 5.04 Å². The summed E-state index contributed by atoms with van der Waals surface area (Å²) in [7, 11) is -3.08. The van der Waals surface area contributed by atoms with E-state index in [9.17, 15) is 19.5 Å². The standard InChI is InChI=1S/C57H66N2O12Si/c1-7-33-64-52(61)47(59-55(63)66-36-46-44-29-19-17-27-42(44)43-28-18-20-30-45(43)46)32-31-39(34-58-54(62)65-35-38-21-11-8-12-22-38)68-53-49(60)51-50(70-57(5,6)71-51)48(69-53)37-67-72(56(2,3)4,40-23-13-9-14-24-40)41-25-15-10-16-26-41/h7-30,39,46-51,53,60H,1,31-37H2,2-6H3,(H,58,62)(H,59,63)/t39-,47+,48-,49-,50+,51-,53-/m1/s1. The Hall–Kier alpha value is -6.17. The molecule has 2 amide bonds. The van der Waals surface area contributed by atoms with Gasteiger partial charge in [-0.1, -0.05) is 173 Å². The Labute approximate surface area is 423 Å². The van der Waals surface area contributed by atoms with Gasteiger partial charge in [0.15, 0.2) is 12.1 Å². The van der Waals surface area contributed by atoms with Crippen molar-refractivity contribution < 1.29 is 57.1 Å². The van der Waals surface area contributed by atoms with Crippen molar-refractivity contribution >= 4 is 36.8 Å². The number of fused-ring (bicyclic) bond motifs is 4. The molecule has 0 saturated carbocycles. The highest BCUT2D eigenvalue weighted by Gasteiger charge is 2.57. The number of carbonyl (C=O) groups is 3. The molecule has 72 heavy (non-hydrogen) atoms. The average molecular weight is 999 g/mol. The number of amides is 2. The second-order valence-corrected chi connectivity index (χ2v) is 24.1. The minimum atomic E-state index is -3.08. The number of rotatable bonds is 20. The van der Waals surface area contributed by atoms with Crippen LogP contribution in [0.15, 0.2) is 152 Å². The number of esters is 1. The first kappa shape index (κ1) is 52.2. The third-order valence-electron chi connectivity index (χ3n) is 13.4. The molecule has 2 heterocycles. The Morgan fingerprint density at radius 2 is 1.31 bits per heavy atom. The third-order valence-corrected chi connectivity index (χ3v) is 18.4. The van der Waals surface area contributed by atoms with Gasteiger partial charge in [-0.15, -0.1) is 0 Å². The van der Waals surface area contributed by atoms with E-state index in [1.807, 2.05) is 115 Å². The lowest BCUT2D eigenvalue weighted by atomic mass is 9.98. The first-order valence-electron chi connectivity index (χ1n) is 24.6. The van der Waals surface area contributed by atoms with Gasteiger partial charge in [0.25, 0.3) is 8.32 Å². The van der Waals surface area contributed by atoms with Gasteiger partial charge in [0.05, 0.1) is 12.7 Å². The number of hydrogen-bond donors (Lipinski definition) is 3. The van der Waals surface area contributed by atoms with Crippen molar-refractivity contribution in [3.63, 3.8) is 0 Å². The quantitative estimate of drug-likeness (QED) is 0.0299. The maximum Gasteiger partial charge on any atom is 0.407 e. The molecular weight excluding hydrogens is 933 g/mol. The number of nitrogens with one attached hydrogen (secondary N) is 2. The molecule has 15 heteroatoms. The maximum absolute atomic E-state index is 13.6. The maximum atomic E-state index is 13.6. The largest absolute Gasteiger partial charge is 0.460 e. The fourth-order valence-electron chi connectivity index (χ4n) is 10.1. The molecule has 14 nitrogen and oxygen atoms in total. The van der Waals surface area contributed by atoms with Crippen LogP contribution in [-0.2, 0) is 49.0 Å². The molecule has 2 fully saturated rings. The second-order valence-electron chi connectivity index (χ2n) is 19.8. The number of alkyl carbamates (subject to hydrolysis) is 2. The number of ether oxygens (including phenoxy) is 7. The first-order chi connectivity index (χ1) is 34.7. The predicted octanol–water partition coefficient (Wildman–Crippen LogP) is 7.90. The van der Waals surface area contributed by atoms with Crippen LogP contribution in [0.1, 0.15) is 70.1 Å². The molecule has 5 aromatic carbocycles. The molecule has 3 aliphatic rings. The summed E-state index contributed by atoms with van der Waals surface area (Å²) in [5.41, 5.74) is 5.02. The summed E-state index contributed by atoms with van der Waals surface area (Å²) < 4.78 is 50.3. The normalized spacial score (nSPS) is 21.0. The summed E-state index contributed by atoms with van der Waals surface area (Å²) in [4.78, 5) is 40.5. The zero-order valence-electron chi connectivity index (χ0n) is 41.6. The highest BCUT2D eigenvalue weighted by atomic mass is 28.4. The number of carbonyl (C=O) groups excluding carboxylic acids is 3. The molecule has 380 valence electrons. The molecule has 1 aliphatic carbocycles. The molecule has 3 N–H and O–H groups in total. The molecule has 5 aromatic rings. The van der Waals surface area contributed by atoms with E-state index in [-0.39, 0.29) is 56.8 Å². The van der Waals surface area contributed by atoms with Crippen LogP contribution in [0.25, 0.3) is 11.1 Å².